The van der Waals surface area contributed by atoms with Gasteiger partial charge in [-0.25, -0.2) is 13.2 Å². The maximum absolute atomic E-state index is 13.1. The van der Waals surface area contributed by atoms with Crippen LogP contribution in [0.2, 0.25) is 0 Å². The van der Waals surface area contributed by atoms with Crippen LogP contribution in [-0.4, -0.2) is 13.0 Å². The molecule has 0 fully saturated rings. The molecule has 0 aliphatic heterocycles. The van der Waals surface area contributed by atoms with Crippen molar-refractivity contribution in [1.82, 2.24) is 5.32 Å². The van der Waals surface area contributed by atoms with Crippen LogP contribution in [0, 0.1) is 17.5 Å². The fraction of sp³-hybridized carbons (Fsp3) is 0.133. The van der Waals surface area contributed by atoms with Crippen LogP contribution < -0.4 is 10.1 Å². The summed E-state index contributed by atoms with van der Waals surface area (Å²) < 4.78 is 44.0. The molecule has 0 radical (unpaired) electrons. The van der Waals surface area contributed by atoms with Gasteiger partial charge in [0.2, 0.25) is 0 Å². The molecule has 0 saturated heterocycles. The van der Waals surface area contributed by atoms with Crippen LogP contribution in [0.4, 0.5) is 13.2 Å². The molecule has 2 rings (SSSR count). The topological polar surface area (TPSA) is 38.3 Å². The molecule has 0 saturated carbocycles. The summed E-state index contributed by atoms with van der Waals surface area (Å²) in [5.74, 6) is -4.47. The van der Waals surface area contributed by atoms with Gasteiger partial charge in [-0.1, -0.05) is 12.1 Å². The molecule has 0 bridgehead atoms. The smallest absolute Gasteiger partial charge is 0.251 e. The summed E-state index contributed by atoms with van der Waals surface area (Å²) in [5, 5.41) is 2.49. The molecule has 2 aromatic carbocycles. The molecular formula is C15H12F3NO2. The highest BCUT2D eigenvalue weighted by atomic mass is 19.2. The highest BCUT2D eigenvalue weighted by Crippen LogP contribution is 2.15. The zero-order valence-corrected chi connectivity index (χ0v) is 11.1. The number of carbonyl (C=O) groups excluding carboxylic acids is 1. The van der Waals surface area contributed by atoms with Gasteiger partial charge < -0.3 is 10.1 Å². The predicted molar refractivity (Wildman–Crippen MR) is 70.5 cm³/mol. The van der Waals surface area contributed by atoms with Crippen LogP contribution in [0.5, 0.6) is 5.75 Å². The second-order valence-corrected chi connectivity index (χ2v) is 4.29. The normalized spacial score (nSPS) is 10.3. The van der Waals surface area contributed by atoms with Crippen molar-refractivity contribution in [2.75, 3.05) is 7.11 Å². The van der Waals surface area contributed by atoms with Gasteiger partial charge in [-0.05, 0) is 29.8 Å². The zero-order chi connectivity index (χ0) is 15.4. The van der Waals surface area contributed by atoms with Crippen LogP contribution in [0.3, 0.4) is 0 Å². The van der Waals surface area contributed by atoms with Crippen molar-refractivity contribution in [2.45, 2.75) is 6.54 Å². The van der Waals surface area contributed by atoms with Crippen molar-refractivity contribution >= 4 is 5.91 Å². The number of hydrogen-bond acceptors (Lipinski definition) is 2. The lowest BCUT2D eigenvalue weighted by molar-refractivity contribution is 0.0949. The fourth-order valence-electron chi connectivity index (χ4n) is 1.75. The second-order valence-electron chi connectivity index (χ2n) is 4.29. The van der Waals surface area contributed by atoms with Crippen LogP contribution >= 0.6 is 0 Å². The van der Waals surface area contributed by atoms with Crippen LogP contribution in [-0.2, 0) is 6.54 Å². The van der Waals surface area contributed by atoms with E-state index in [1.165, 1.54) is 7.11 Å². The first kappa shape index (κ1) is 14.9. The number of methoxy groups -OCH3 is 1. The Kier molecular flexibility index (Phi) is 4.47. The van der Waals surface area contributed by atoms with Gasteiger partial charge in [-0.15, -0.1) is 0 Å². The Labute approximate surface area is 119 Å². The van der Waals surface area contributed by atoms with E-state index in [-0.39, 0.29) is 12.1 Å². The van der Waals surface area contributed by atoms with E-state index >= 15 is 0 Å². The summed E-state index contributed by atoms with van der Waals surface area (Å²) in [5.41, 5.74) is 0.472. The minimum atomic E-state index is -1.60. The van der Waals surface area contributed by atoms with Crippen molar-refractivity contribution in [1.29, 1.82) is 0 Å². The minimum Gasteiger partial charge on any atom is -0.497 e. The lowest BCUT2D eigenvalue weighted by Gasteiger charge is -2.07. The van der Waals surface area contributed by atoms with Gasteiger partial charge in [0, 0.05) is 12.1 Å². The van der Waals surface area contributed by atoms with Crippen LogP contribution in [0.25, 0.3) is 0 Å². The van der Waals surface area contributed by atoms with Gasteiger partial charge in [0.25, 0.3) is 5.91 Å². The van der Waals surface area contributed by atoms with E-state index in [1.54, 1.807) is 24.3 Å². The van der Waals surface area contributed by atoms with Crippen LogP contribution in [0.15, 0.2) is 36.4 Å². The highest BCUT2D eigenvalue weighted by molar-refractivity contribution is 5.94. The first-order chi connectivity index (χ1) is 10.0. The third-order valence-corrected chi connectivity index (χ3v) is 2.83. The van der Waals surface area contributed by atoms with Gasteiger partial charge in [-0.3, -0.25) is 4.79 Å². The largest absolute Gasteiger partial charge is 0.497 e. The molecule has 1 amide bonds. The molecule has 3 nitrogen and oxygen atoms in total. The second kappa shape index (κ2) is 6.30. The number of nitrogens with one attached hydrogen (secondary N) is 1. The Morgan fingerprint density at radius 1 is 1.14 bits per heavy atom. The van der Waals surface area contributed by atoms with Crippen molar-refractivity contribution in [2.24, 2.45) is 0 Å². The Hall–Kier alpha value is -2.50. The van der Waals surface area contributed by atoms with E-state index in [0.717, 1.165) is 5.56 Å². The van der Waals surface area contributed by atoms with E-state index < -0.39 is 23.4 Å². The lowest BCUT2D eigenvalue weighted by Crippen LogP contribution is -2.23. The summed E-state index contributed by atoms with van der Waals surface area (Å²) in [6.45, 7) is 0.149. The van der Waals surface area contributed by atoms with E-state index in [0.29, 0.717) is 17.9 Å². The standard InChI is InChI=1S/C15H12F3NO2/c1-21-11-4-2-3-9(5-11)8-19-15(20)10-6-12(16)14(18)13(17)7-10/h2-7H,8H2,1H3,(H,19,20). The molecule has 0 aliphatic rings. The third kappa shape index (κ3) is 3.53. The van der Waals surface area contributed by atoms with Gasteiger partial charge in [0.1, 0.15) is 5.75 Å². The maximum Gasteiger partial charge on any atom is 0.251 e. The molecule has 1 N–H and O–H groups in total. The Morgan fingerprint density at radius 2 is 1.81 bits per heavy atom. The molecule has 0 unspecified atom stereocenters. The van der Waals surface area contributed by atoms with Gasteiger partial charge >= 0.3 is 0 Å². The molecule has 21 heavy (non-hydrogen) atoms. The zero-order valence-electron chi connectivity index (χ0n) is 11.1. The predicted octanol–water partition coefficient (Wildman–Crippen LogP) is 3.04. The molecule has 0 aliphatic carbocycles. The SMILES string of the molecule is COc1cccc(CNC(=O)c2cc(F)c(F)c(F)c2)c1. The fourth-order valence-corrected chi connectivity index (χ4v) is 1.75. The first-order valence-corrected chi connectivity index (χ1v) is 6.07. The number of halogens is 3. The van der Waals surface area contributed by atoms with Crippen molar-refractivity contribution in [3.05, 3.63) is 65.0 Å². The molecular weight excluding hydrogens is 283 g/mol. The number of amides is 1. The number of benzene rings is 2. The Balaban J connectivity index is 2.08. The summed E-state index contributed by atoms with van der Waals surface area (Å²) in [6, 6.07) is 8.27. The highest BCUT2D eigenvalue weighted by Gasteiger charge is 2.14. The average molecular weight is 295 g/mol. The molecule has 0 spiro atoms. The molecule has 0 atom stereocenters. The summed E-state index contributed by atoms with van der Waals surface area (Å²) in [4.78, 5) is 11.8. The molecule has 0 aromatic heterocycles. The Bertz CT molecular complexity index is 651. The average Bonchev–Trinajstić information content (AvgIpc) is 2.50. The van der Waals surface area contributed by atoms with E-state index in [9.17, 15) is 18.0 Å². The van der Waals surface area contributed by atoms with Crippen molar-refractivity contribution in [3.8, 4) is 5.75 Å². The molecule has 2 aromatic rings. The summed E-state index contributed by atoms with van der Waals surface area (Å²) in [7, 11) is 1.52. The van der Waals surface area contributed by atoms with Crippen molar-refractivity contribution < 1.29 is 22.7 Å². The summed E-state index contributed by atoms with van der Waals surface area (Å²) in [6.07, 6.45) is 0. The van der Waals surface area contributed by atoms with E-state index in [4.69, 9.17) is 4.74 Å². The molecule has 110 valence electrons. The van der Waals surface area contributed by atoms with Crippen molar-refractivity contribution in [3.63, 3.8) is 0 Å². The van der Waals surface area contributed by atoms with Gasteiger partial charge in [0.15, 0.2) is 17.5 Å². The first-order valence-electron chi connectivity index (χ1n) is 6.07. The number of rotatable bonds is 4. The number of hydrogen-bond donors (Lipinski definition) is 1. The minimum absolute atomic E-state index is 0.149. The lowest BCUT2D eigenvalue weighted by atomic mass is 10.1. The maximum atomic E-state index is 13.1. The van der Waals surface area contributed by atoms with Gasteiger partial charge in [0.05, 0.1) is 7.11 Å². The number of carbonyl (C=O) groups is 1. The summed E-state index contributed by atoms with van der Waals surface area (Å²) >= 11 is 0. The number of ether oxygens (including phenoxy) is 1. The monoisotopic (exact) mass is 295 g/mol. The van der Waals surface area contributed by atoms with Crippen LogP contribution in [0.1, 0.15) is 15.9 Å². The molecule has 0 heterocycles. The Morgan fingerprint density at radius 3 is 2.43 bits per heavy atom. The third-order valence-electron chi connectivity index (χ3n) is 2.83. The van der Waals surface area contributed by atoms with E-state index in [2.05, 4.69) is 5.32 Å². The molecule has 6 heteroatoms. The van der Waals surface area contributed by atoms with Gasteiger partial charge in [-0.2, -0.15) is 0 Å². The van der Waals surface area contributed by atoms with E-state index in [1.807, 2.05) is 0 Å². The quantitative estimate of drug-likeness (QED) is 0.880.